The molecule has 0 spiro atoms. The van der Waals surface area contributed by atoms with Crippen molar-refractivity contribution in [2.24, 2.45) is 0 Å². The molecule has 2 aromatic carbocycles. The molecule has 1 amide bonds. The van der Waals surface area contributed by atoms with Crippen LogP contribution < -0.4 is 5.32 Å². The highest BCUT2D eigenvalue weighted by Gasteiger charge is 2.11. The van der Waals surface area contributed by atoms with Crippen LogP contribution in [0.5, 0.6) is 0 Å². The van der Waals surface area contributed by atoms with E-state index in [1.54, 1.807) is 0 Å². The van der Waals surface area contributed by atoms with E-state index in [1.807, 2.05) is 0 Å². The first-order chi connectivity index (χ1) is 9.97. The summed E-state index contributed by atoms with van der Waals surface area (Å²) in [7, 11) is 0. The predicted octanol–water partition coefficient (Wildman–Crippen LogP) is 3.32. The van der Waals surface area contributed by atoms with Crippen LogP contribution in [0.4, 0.5) is 10.1 Å². The zero-order valence-corrected chi connectivity index (χ0v) is 11.4. The number of nitrogens with zero attached hydrogens (tertiary/aromatic N) is 1. The van der Waals surface area contributed by atoms with Gasteiger partial charge >= 0.3 is 0 Å². The highest BCUT2D eigenvalue weighted by atomic mass is 35.5. The van der Waals surface area contributed by atoms with E-state index < -0.39 is 16.6 Å². The molecule has 0 saturated heterocycles. The molecule has 1 N–H and O–H groups in total. The van der Waals surface area contributed by atoms with Crippen LogP contribution in [0.1, 0.15) is 15.9 Å². The fourth-order valence-electron chi connectivity index (χ4n) is 1.70. The molecular weight excluding hydrogens is 299 g/mol. The van der Waals surface area contributed by atoms with Crippen LogP contribution >= 0.6 is 11.6 Å². The monoisotopic (exact) mass is 308 g/mol. The Hall–Kier alpha value is -2.47. The highest BCUT2D eigenvalue weighted by Crippen LogP contribution is 2.17. The molecule has 5 nitrogen and oxygen atoms in total. The molecule has 0 bridgehead atoms. The molecule has 0 aliphatic rings. The Bertz CT molecular complexity index is 706. The standard InChI is InChI=1S/C14H10ClFN2O3/c15-13-7-11(16)5-4-10(13)8-17-14(19)9-2-1-3-12(6-9)18(20)21/h1-7H,8H2,(H,17,19). The van der Waals surface area contributed by atoms with Gasteiger partial charge in [-0.2, -0.15) is 0 Å². The number of halogens is 2. The van der Waals surface area contributed by atoms with Gasteiger partial charge in [-0.1, -0.05) is 23.7 Å². The topological polar surface area (TPSA) is 72.2 Å². The summed E-state index contributed by atoms with van der Waals surface area (Å²) in [6.45, 7) is 0.0979. The first-order valence-corrected chi connectivity index (χ1v) is 6.32. The molecule has 2 rings (SSSR count). The number of carbonyl (C=O) groups is 1. The SMILES string of the molecule is O=C(NCc1ccc(F)cc1Cl)c1cccc([N+](=O)[O-])c1. The fourth-order valence-corrected chi connectivity index (χ4v) is 1.94. The molecule has 21 heavy (non-hydrogen) atoms. The summed E-state index contributed by atoms with van der Waals surface area (Å²) in [6, 6.07) is 9.23. The summed E-state index contributed by atoms with van der Waals surface area (Å²) in [5.74, 6) is -0.937. The second-order valence-corrected chi connectivity index (χ2v) is 4.63. The maximum atomic E-state index is 12.9. The quantitative estimate of drug-likeness (QED) is 0.695. The van der Waals surface area contributed by atoms with Crippen molar-refractivity contribution in [3.05, 3.63) is 74.5 Å². The number of non-ortho nitro benzene ring substituents is 1. The van der Waals surface area contributed by atoms with Gasteiger partial charge in [-0.05, 0) is 23.8 Å². The van der Waals surface area contributed by atoms with Crippen molar-refractivity contribution < 1.29 is 14.1 Å². The fraction of sp³-hybridized carbons (Fsp3) is 0.0714. The van der Waals surface area contributed by atoms with Crippen LogP contribution in [0.15, 0.2) is 42.5 Å². The number of benzene rings is 2. The Kier molecular flexibility index (Phi) is 4.49. The zero-order chi connectivity index (χ0) is 15.4. The largest absolute Gasteiger partial charge is 0.348 e. The van der Waals surface area contributed by atoms with Gasteiger partial charge in [0.2, 0.25) is 0 Å². The number of rotatable bonds is 4. The van der Waals surface area contributed by atoms with Crippen molar-refractivity contribution in [1.82, 2.24) is 5.32 Å². The lowest BCUT2D eigenvalue weighted by Crippen LogP contribution is -2.23. The Morgan fingerprint density at radius 1 is 1.29 bits per heavy atom. The minimum atomic E-state index is -0.576. The Morgan fingerprint density at radius 3 is 2.71 bits per heavy atom. The Balaban J connectivity index is 2.08. The molecule has 0 heterocycles. The zero-order valence-electron chi connectivity index (χ0n) is 10.7. The van der Waals surface area contributed by atoms with E-state index in [9.17, 15) is 19.3 Å². The molecular formula is C14H10ClFN2O3. The van der Waals surface area contributed by atoms with Gasteiger partial charge in [0.05, 0.1) is 4.92 Å². The summed E-state index contributed by atoms with van der Waals surface area (Å²) in [5.41, 5.74) is 0.557. The number of hydrogen-bond acceptors (Lipinski definition) is 3. The van der Waals surface area contributed by atoms with E-state index in [0.717, 1.165) is 6.07 Å². The van der Waals surface area contributed by atoms with Crippen LogP contribution in [0.3, 0.4) is 0 Å². The first-order valence-electron chi connectivity index (χ1n) is 5.94. The molecule has 0 aromatic heterocycles. The minimum absolute atomic E-state index is 0.0979. The number of nitro benzene ring substituents is 1. The van der Waals surface area contributed by atoms with E-state index in [1.165, 1.54) is 36.4 Å². The normalized spacial score (nSPS) is 10.2. The molecule has 7 heteroatoms. The van der Waals surface area contributed by atoms with Crippen LogP contribution in [-0.2, 0) is 6.54 Å². The van der Waals surface area contributed by atoms with Crippen molar-refractivity contribution in [3.63, 3.8) is 0 Å². The van der Waals surface area contributed by atoms with Gasteiger partial charge in [0.1, 0.15) is 5.82 Å². The predicted molar refractivity (Wildman–Crippen MR) is 75.7 cm³/mol. The van der Waals surface area contributed by atoms with Crippen LogP contribution in [0, 0.1) is 15.9 Å². The van der Waals surface area contributed by atoms with Gasteiger partial charge in [0.25, 0.3) is 11.6 Å². The molecule has 0 unspecified atom stereocenters. The van der Waals surface area contributed by atoms with Gasteiger partial charge in [0.15, 0.2) is 0 Å². The van der Waals surface area contributed by atoms with Crippen LogP contribution in [0.25, 0.3) is 0 Å². The third-order valence-electron chi connectivity index (χ3n) is 2.77. The maximum Gasteiger partial charge on any atom is 0.270 e. The van der Waals surface area contributed by atoms with Gasteiger partial charge in [-0.25, -0.2) is 4.39 Å². The molecule has 0 fully saturated rings. The van der Waals surface area contributed by atoms with E-state index in [4.69, 9.17) is 11.6 Å². The molecule has 2 aromatic rings. The van der Waals surface area contributed by atoms with Crippen molar-refractivity contribution in [2.75, 3.05) is 0 Å². The molecule has 108 valence electrons. The van der Waals surface area contributed by atoms with Crippen molar-refractivity contribution in [1.29, 1.82) is 0 Å². The van der Waals surface area contributed by atoms with Gasteiger partial charge in [0, 0.05) is 29.3 Å². The lowest BCUT2D eigenvalue weighted by molar-refractivity contribution is -0.384. The summed E-state index contributed by atoms with van der Waals surface area (Å²) >= 11 is 5.85. The summed E-state index contributed by atoms with van der Waals surface area (Å²) in [5, 5.41) is 13.4. The third-order valence-corrected chi connectivity index (χ3v) is 3.13. The smallest absolute Gasteiger partial charge is 0.270 e. The van der Waals surface area contributed by atoms with Gasteiger partial charge in [-0.3, -0.25) is 14.9 Å². The number of nitro groups is 1. The third kappa shape index (κ3) is 3.76. The minimum Gasteiger partial charge on any atom is -0.348 e. The Morgan fingerprint density at radius 2 is 2.05 bits per heavy atom. The average Bonchev–Trinajstić information content (AvgIpc) is 2.46. The highest BCUT2D eigenvalue weighted by molar-refractivity contribution is 6.31. The summed E-state index contributed by atoms with van der Waals surface area (Å²) in [6.07, 6.45) is 0. The number of carbonyl (C=O) groups excluding carboxylic acids is 1. The lowest BCUT2D eigenvalue weighted by atomic mass is 10.1. The molecule has 0 saturated carbocycles. The number of hydrogen-bond donors (Lipinski definition) is 1. The van der Waals surface area contributed by atoms with Crippen LogP contribution in [-0.4, -0.2) is 10.8 Å². The molecule has 0 atom stereocenters. The summed E-state index contributed by atoms with van der Waals surface area (Å²) < 4.78 is 12.9. The van der Waals surface area contributed by atoms with E-state index in [0.29, 0.717) is 5.56 Å². The number of nitrogens with one attached hydrogen (secondary N) is 1. The summed E-state index contributed by atoms with van der Waals surface area (Å²) in [4.78, 5) is 22.0. The van der Waals surface area contributed by atoms with E-state index in [2.05, 4.69) is 5.32 Å². The lowest BCUT2D eigenvalue weighted by Gasteiger charge is -2.07. The van der Waals surface area contributed by atoms with Gasteiger partial charge in [-0.15, -0.1) is 0 Å². The first kappa shape index (κ1) is 14.9. The van der Waals surface area contributed by atoms with Crippen molar-refractivity contribution in [3.8, 4) is 0 Å². The van der Waals surface area contributed by atoms with E-state index >= 15 is 0 Å². The second kappa shape index (κ2) is 6.32. The average molecular weight is 309 g/mol. The molecule has 0 aliphatic carbocycles. The Labute approximate surface area is 124 Å². The van der Waals surface area contributed by atoms with Crippen molar-refractivity contribution >= 4 is 23.2 Å². The van der Waals surface area contributed by atoms with Crippen LogP contribution in [0.2, 0.25) is 5.02 Å². The van der Waals surface area contributed by atoms with Gasteiger partial charge < -0.3 is 5.32 Å². The second-order valence-electron chi connectivity index (χ2n) is 4.23. The number of amides is 1. The van der Waals surface area contributed by atoms with Crippen molar-refractivity contribution in [2.45, 2.75) is 6.54 Å². The molecule has 0 radical (unpaired) electrons. The van der Waals surface area contributed by atoms with E-state index in [-0.39, 0.29) is 22.8 Å². The molecule has 0 aliphatic heterocycles. The maximum absolute atomic E-state index is 12.9.